The average molecular weight is 508 g/mol. The molecule has 9 nitrogen and oxygen atoms in total. The van der Waals surface area contributed by atoms with Crippen molar-refractivity contribution in [2.75, 3.05) is 25.0 Å². The van der Waals surface area contributed by atoms with Crippen molar-refractivity contribution in [1.29, 1.82) is 0 Å². The molecule has 1 aromatic heterocycles. The van der Waals surface area contributed by atoms with Crippen LogP contribution in [0.5, 0.6) is 0 Å². The lowest BCUT2D eigenvalue weighted by Gasteiger charge is -2.25. The van der Waals surface area contributed by atoms with E-state index >= 15 is 0 Å². The van der Waals surface area contributed by atoms with E-state index in [1.807, 2.05) is 50.2 Å². The van der Waals surface area contributed by atoms with E-state index < -0.39 is 18.0 Å². The van der Waals surface area contributed by atoms with E-state index in [-0.39, 0.29) is 30.7 Å². The fraction of sp³-hybridized carbons (Fsp3) is 0.464. The number of hydrogen-bond donors (Lipinski definition) is 2. The van der Waals surface area contributed by atoms with Gasteiger partial charge in [-0.25, -0.2) is 4.79 Å². The quantitative estimate of drug-likeness (QED) is 0.429. The highest BCUT2D eigenvalue weighted by molar-refractivity contribution is 5.97. The Hall–Kier alpha value is -3.75. The number of hydrogen-bond acceptors (Lipinski definition) is 5. The number of nitrogens with zero attached hydrogens (tertiary/aromatic N) is 3. The van der Waals surface area contributed by atoms with Gasteiger partial charge in [0, 0.05) is 44.6 Å². The van der Waals surface area contributed by atoms with E-state index in [2.05, 4.69) is 15.6 Å². The molecule has 0 unspecified atom stereocenters. The van der Waals surface area contributed by atoms with E-state index in [1.54, 1.807) is 29.2 Å². The van der Waals surface area contributed by atoms with Gasteiger partial charge in [-0.15, -0.1) is 0 Å². The fourth-order valence-corrected chi connectivity index (χ4v) is 4.38. The van der Waals surface area contributed by atoms with E-state index in [4.69, 9.17) is 0 Å². The first-order chi connectivity index (χ1) is 17.8. The second-order valence-corrected chi connectivity index (χ2v) is 9.87. The van der Waals surface area contributed by atoms with Gasteiger partial charge in [0.15, 0.2) is 0 Å². The number of aldehydes is 1. The topological polar surface area (TPSA) is 112 Å². The van der Waals surface area contributed by atoms with Gasteiger partial charge in [0.1, 0.15) is 12.3 Å². The van der Waals surface area contributed by atoms with Crippen molar-refractivity contribution >= 4 is 29.8 Å². The number of urea groups is 1. The predicted molar refractivity (Wildman–Crippen MR) is 142 cm³/mol. The molecule has 0 aliphatic carbocycles. The maximum Gasteiger partial charge on any atom is 0.322 e. The second kappa shape index (κ2) is 13.5. The lowest BCUT2D eigenvalue weighted by Crippen LogP contribution is -2.53. The molecular formula is C28H37N5O4. The predicted octanol–water partition coefficient (Wildman–Crippen LogP) is 2.73. The number of nitrogens with one attached hydrogen (secondary N) is 2. The van der Waals surface area contributed by atoms with Crippen LogP contribution in [0, 0.1) is 5.92 Å². The number of fused-ring (bicyclic) bond motifs is 1. The van der Waals surface area contributed by atoms with Gasteiger partial charge >= 0.3 is 6.03 Å². The number of carbonyl (C=O) groups is 4. The van der Waals surface area contributed by atoms with Gasteiger partial charge in [-0.05, 0) is 60.9 Å². The number of amides is 4. The maximum absolute atomic E-state index is 13.1. The Morgan fingerprint density at radius 3 is 2.54 bits per heavy atom. The van der Waals surface area contributed by atoms with Gasteiger partial charge < -0.3 is 20.3 Å². The van der Waals surface area contributed by atoms with Crippen LogP contribution in [0.25, 0.3) is 0 Å². The first kappa shape index (κ1) is 27.8. The number of likely N-dealkylation sites (N-methyl/N-ethyl adjacent to an activating group) is 1. The van der Waals surface area contributed by atoms with Crippen molar-refractivity contribution in [1.82, 2.24) is 20.5 Å². The largest absolute Gasteiger partial charge is 0.345 e. The summed E-state index contributed by atoms with van der Waals surface area (Å²) in [5.74, 6) is -0.382. The highest BCUT2D eigenvalue weighted by Crippen LogP contribution is 2.27. The number of pyridine rings is 1. The zero-order chi connectivity index (χ0) is 26.8. The molecule has 2 heterocycles. The molecule has 0 radical (unpaired) electrons. The molecule has 0 fully saturated rings. The third-order valence-electron chi connectivity index (χ3n) is 6.53. The summed E-state index contributed by atoms with van der Waals surface area (Å²) in [7, 11) is 1.72. The van der Waals surface area contributed by atoms with Crippen LogP contribution < -0.4 is 15.5 Å². The third-order valence-corrected chi connectivity index (χ3v) is 6.53. The summed E-state index contributed by atoms with van der Waals surface area (Å²) in [4.78, 5) is 57.6. The van der Waals surface area contributed by atoms with Gasteiger partial charge in [-0.2, -0.15) is 0 Å². The number of benzene rings is 1. The van der Waals surface area contributed by atoms with Crippen LogP contribution in [0.3, 0.4) is 0 Å². The summed E-state index contributed by atoms with van der Waals surface area (Å²) in [5, 5.41) is 5.58. The number of para-hydroxylation sites is 1. The first-order valence-electron chi connectivity index (χ1n) is 12.8. The van der Waals surface area contributed by atoms with Crippen LogP contribution in [0.2, 0.25) is 0 Å². The molecule has 2 N–H and O–H groups in total. The molecule has 4 amide bonds. The van der Waals surface area contributed by atoms with Gasteiger partial charge in [-0.3, -0.25) is 19.5 Å². The van der Waals surface area contributed by atoms with E-state index in [9.17, 15) is 19.2 Å². The molecule has 2 atom stereocenters. The summed E-state index contributed by atoms with van der Waals surface area (Å²) in [6.45, 7) is 5.03. The van der Waals surface area contributed by atoms with Crippen molar-refractivity contribution in [2.45, 2.75) is 58.0 Å². The van der Waals surface area contributed by atoms with Gasteiger partial charge in [-0.1, -0.05) is 32.0 Å². The number of anilines is 1. The molecular weight excluding hydrogens is 470 g/mol. The Bertz CT molecular complexity index is 1080. The molecule has 1 aliphatic heterocycles. The molecule has 0 bridgehead atoms. The lowest BCUT2D eigenvalue weighted by atomic mass is 10.0. The molecule has 37 heavy (non-hydrogen) atoms. The third kappa shape index (κ3) is 8.13. The Morgan fingerprint density at radius 2 is 1.84 bits per heavy atom. The summed E-state index contributed by atoms with van der Waals surface area (Å²) in [5.41, 5.74) is 3.03. The van der Waals surface area contributed by atoms with Crippen LogP contribution in [0.4, 0.5) is 10.5 Å². The monoisotopic (exact) mass is 507 g/mol. The zero-order valence-corrected chi connectivity index (χ0v) is 21.9. The molecule has 0 spiro atoms. The van der Waals surface area contributed by atoms with Gasteiger partial charge in [0.05, 0.1) is 6.04 Å². The van der Waals surface area contributed by atoms with Crippen LogP contribution in [-0.4, -0.2) is 66.2 Å². The standard InChI is InChI=1S/C28H37N5O4/c1-20(2)18-24(31-28(37)33-17-13-22-6-4-5-7-25(22)33)27(36)30-23(19-34)8-9-26(35)32(3)16-12-21-10-14-29-15-11-21/h4-7,10-11,14-15,19-20,23-24H,8-9,12-13,16-18H2,1-3H3,(H,30,36)(H,31,37)/t23-,24-/m0/s1. The fourth-order valence-electron chi connectivity index (χ4n) is 4.38. The van der Waals surface area contributed by atoms with E-state index in [1.165, 1.54) is 0 Å². The maximum atomic E-state index is 13.1. The van der Waals surface area contributed by atoms with E-state index in [0.717, 1.165) is 23.2 Å². The highest BCUT2D eigenvalue weighted by Gasteiger charge is 2.29. The van der Waals surface area contributed by atoms with Crippen molar-refractivity contribution in [3.8, 4) is 0 Å². The molecule has 0 saturated heterocycles. The Balaban J connectivity index is 1.52. The minimum atomic E-state index is -0.816. The summed E-state index contributed by atoms with van der Waals surface area (Å²) >= 11 is 0. The SMILES string of the molecule is CC(C)C[C@H](NC(=O)N1CCc2ccccc21)C(=O)N[C@H](C=O)CCC(=O)N(C)CCc1ccncc1. The van der Waals surface area contributed by atoms with Crippen molar-refractivity contribution < 1.29 is 19.2 Å². The first-order valence-corrected chi connectivity index (χ1v) is 12.8. The summed E-state index contributed by atoms with van der Waals surface area (Å²) in [6, 6.07) is 9.59. The molecule has 2 aromatic rings. The van der Waals surface area contributed by atoms with Crippen LogP contribution >= 0.6 is 0 Å². The van der Waals surface area contributed by atoms with Gasteiger partial charge in [0.25, 0.3) is 0 Å². The number of rotatable bonds is 12. The van der Waals surface area contributed by atoms with Gasteiger partial charge in [0.2, 0.25) is 11.8 Å². The number of aromatic nitrogens is 1. The lowest BCUT2D eigenvalue weighted by molar-refractivity contribution is -0.131. The van der Waals surface area contributed by atoms with Crippen LogP contribution in [0.15, 0.2) is 48.8 Å². The molecule has 1 aromatic carbocycles. The number of carbonyl (C=O) groups excluding carboxylic acids is 4. The van der Waals surface area contributed by atoms with Crippen LogP contribution in [-0.2, 0) is 27.2 Å². The minimum Gasteiger partial charge on any atom is -0.345 e. The minimum absolute atomic E-state index is 0.102. The van der Waals surface area contributed by atoms with Crippen molar-refractivity contribution in [3.05, 3.63) is 59.9 Å². The zero-order valence-electron chi connectivity index (χ0n) is 21.9. The molecule has 198 valence electrons. The highest BCUT2D eigenvalue weighted by atomic mass is 16.2. The smallest absolute Gasteiger partial charge is 0.322 e. The molecule has 3 rings (SSSR count). The van der Waals surface area contributed by atoms with Crippen molar-refractivity contribution in [3.63, 3.8) is 0 Å². The van der Waals surface area contributed by atoms with Crippen molar-refractivity contribution in [2.24, 2.45) is 5.92 Å². The average Bonchev–Trinajstić information content (AvgIpc) is 3.33. The summed E-state index contributed by atoms with van der Waals surface area (Å²) < 4.78 is 0. The molecule has 1 aliphatic rings. The second-order valence-electron chi connectivity index (χ2n) is 9.87. The normalized spacial score (nSPS) is 14.0. The summed E-state index contributed by atoms with van der Waals surface area (Å²) in [6.07, 6.45) is 6.29. The Kier molecular flexibility index (Phi) is 10.2. The Labute approximate surface area is 218 Å². The Morgan fingerprint density at radius 1 is 1.11 bits per heavy atom. The van der Waals surface area contributed by atoms with Crippen LogP contribution in [0.1, 0.15) is 44.2 Å². The molecule has 0 saturated carbocycles. The molecule has 9 heteroatoms. The van der Waals surface area contributed by atoms with E-state index in [0.29, 0.717) is 32.2 Å².